The average Bonchev–Trinajstić information content (AvgIpc) is 3.16. The molecule has 1 aliphatic carbocycles. The van der Waals surface area contributed by atoms with Gasteiger partial charge in [0, 0.05) is 49.2 Å². The Morgan fingerprint density at radius 1 is 1.03 bits per heavy atom. The maximum atomic E-state index is 12.6. The van der Waals surface area contributed by atoms with Gasteiger partial charge in [-0.1, -0.05) is 43.9 Å². The molecule has 7 nitrogen and oxygen atoms in total. The molecule has 5 rings (SSSR count). The third-order valence-electron chi connectivity index (χ3n) is 7.33. The maximum Gasteiger partial charge on any atom is 0.297 e. The minimum absolute atomic E-state index is 0.0269. The van der Waals surface area contributed by atoms with Crippen LogP contribution in [0.25, 0.3) is 0 Å². The number of para-hydroxylation sites is 1. The van der Waals surface area contributed by atoms with Gasteiger partial charge >= 0.3 is 0 Å². The van der Waals surface area contributed by atoms with Crippen LogP contribution >= 0.6 is 0 Å². The molecule has 2 fully saturated rings. The Bertz CT molecular complexity index is 1020. The molecule has 1 N–H and O–H groups in total. The Balaban J connectivity index is 1.30. The molecule has 0 spiro atoms. The highest BCUT2D eigenvalue weighted by molar-refractivity contribution is 5.96. The van der Waals surface area contributed by atoms with Gasteiger partial charge in [-0.05, 0) is 50.2 Å². The van der Waals surface area contributed by atoms with Crippen molar-refractivity contribution in [2.75, 3.05) is 50.0 Å². The van der Waals surface area contributed by atoms with Gasteiger partial charge in [-0.3, -0.25) is 14.6 Å². The molecule has 0 unspecified atom stereocenters. The summed E-state index contributed by atoms with van der Waals surface area (Å²) in [5, 5.41) is 3.06. The Morgan fingerprint density at radius 2 is 1.77 bits per heavy atom. The topological polar surface area (TPSA) is 60.4 Å². The molecule has 0 atom stereocenters. The van der Waals surface area contributed by atoms with Crippen molar-refractivity contribution in [3.05, 3.63) is 54.1 Å². The Kier molecular flexibility index (Phi) is 7.64. The molecular formula is C28H37N5O2. The fraction of sp³-hybridized carbons (Fsp3) is 0.500. The summed E-state index contributed by atoms with van der Waals surface area (Å²) in [5.41, 5.74) is 3.85. The van der Waals surface area contributed by atoms with Gasteiger partial charge in [0.05, 0.1) is 12.2 Å². The summed E-state index contributed by atoms with van der Waals surface area (Å²) in [5.74, 6) is 0.0269. The highest BCUT2D eigenvalue weighted by atomic mass is 16.5. The predicted octanol–water partition coefficient (Wildman–Crippen LogP) is 4.62. The zero-order chi connectivity index (χ0) is 24.0. The second kappa shape index (κ2) is 11.2. The molecule has 2 aromatic rings. The quantitative estimate of drug-likeness (QED) is 0.640. The lowest BCUT2D eigenvalue weighted by Crippen LogP contribution is -2.47. The van der Waals surface area contributed by atoms with Gasteiger partial charge < -0.3 is 15.0 Å². The molecule has 3 aliphatic rings. The number of nitrogens with one attached hydrogen (secondary N) is 1. The van der Waals surface area contributed by atoms with E-state index < -0.39 is 0 Å². The van der Waals surface area contributed by atoms with E-state index >= 15 is 0 Å². The number of ether oxygens (including phenoxy) is 1. The van der Waals surface area contributed by atoms with E-state index in [0.29, 0.717) is 25.2 Å². The molecule has 0 aromatic heterocycles. The van der Waals surface area contributed by atoms with Crippen LogP contribution in [0.1, 0.15) is 44.1 Å². The van der Waals surface area contributed by atoms with Crippen molar-refractivity contribution in [1.82, 2.24) is 9.80 Å². The van der Waals surface area contributed by atoms with Crippen LogP contribution in [0.5, 0.6) is 0 Å². The van der Waals surface area contributed by atoms with Gasteiger partial charge in [-0.15, -0.1) is 0 Å². The lowest BCUT2D eigenvalue weighted by molar-refractivity contribution is -0.117. The Hall–Kier alpha value is -2.90. The summed E-state index contributed by atoms with van der Waals surface area (Å²) in [6, 6.07) is 17.5. The van der Waals surface area contributed by atoms with E-state index in [4.69, 9.17) is 9.73 Å². The molecule has 2 aliphatic heterocycles. The van der Waals surface area contributed by atoms with Gasteiger partial charge in [0.25, 0.3) is 6.02 Å². The molecular weight excluding hydrogens is 438 g/mol. The van der Waals surface area contributed by atoms with E-state index in [1.807, 2.05) is 24.3 Å². The molecule has 35 heavy (non-hydrogen) atoms. The monoisotopic (exact) mass is 475 g/mol. The molecule has 7 heteroatoms. The molecule has 2 aromatic carbocycles. The van der Waals surface area contributed by atoms with Gasteiger partial charge in [0.1, 0.15) is 6.61 Å². The Labute approximate surface area is 208 Å². The summed E-state index contributed by atoms with van der Waals surface area (Å²) >= 11 is 0. The van der Waals surface area contributed by atoms with Gasteiger partial charge in [-0.25, -0.2) is 0 Å². The van der Waals surface area contributed by atoms with E-state index in [-0.39, 0.29) is 5.91 Å². The first-order valence-electron chi connectivity index (χ1n) is 13.1. The van der Waals surface area contributed by atoms with Crippen LogP contribution < -0.4 is 10.2 Å². The average molecular weight is 476 g/mol. The largest absolute Gasteiger partial charge is 0.460 e. The number of benzene rings is 2. The third-order valence-corrected chi connectivity index (χ3v) is 7.33. The lowest BCUT2D eigenvalue weighted by Gasteiger charge is -2.34. The summed E-state index contributed by atoms with van der Waals surface area (Å²) in [4.78, 5) is 24.3. The van der Waals surface area contributed by atoms with Crippen molar-refractivity contribution in [2.45, 2.75) is 51.2 Å². The molecule has 1 saturated carbocycles. The highest BCUT2D eigenvalue weighted by Crippen LogP contribution is 2.33. The molecule has 0 radical (unpaired) electrons. The smallest absolute Gasteiger partial charge is 0.297 e. The second-order valence-corrected chi connectivity index (χ2v) is 10.0. The van der Waals surface area contributed by atoms with E-state index in [2.05, 4.69) is 51.3 Å². The summed E-state index contributed by atoms with van der Waals surface area (Å²) in [6.07, 6.45) is 7.41. The summed E-state index contributed by atoms with van der Waals surface area (Å²) in [6.45, 7) is 4.75. The van der Waals surface area contributed by atoms with Crippen molar-refractivity contribution in [1.29, 1.82) is 0 Å². The van der Waals surface area contributed by atoms with E-state index in [1.54, 1.807) is 0 Å². The maximum absolute atomic E-state index is 12.6. The van der Waals surface area contributed by atoms with Crippen LogP contribution in [0.15, 0.2) is 53.5 Å². The molecule has 0 bridgehead atoms. The van der Waals surface area contributed by atoms with Crippen molar-refractivity contribution in [3.8, 4) is 0 Å². The number of piperazine rings is 1. The summed E-state index contributed by atoms with van der Waals surface area (Å²) < 4.78 is 6.26. The highest BCUT2D eigenvalue weighted by Gasteiger charge is 2.28. The number of fused-ring (bicyclic) bond motifs is 1. The number of nitrogens with zero attached hydrogens (tertiary/aromatic N) is 4. The SMILES string of the molecule is CN1CCN(CC(=O)Nc2ccc3c(c2)COC(N(c2ccccc2)C2CCCCCC2)=N3)CC1. The van der Waals surface area contributed by atoms with Crippen LogP contribution in [0.4, 0.5) is 17.1 Å². The zero-order valence-corrected chi connectivity index (χ0v) is 20.8. The van der Waals surface area contributed by atoms with Crippen LogP contribution in [0.2, 0.25) is 0 Å². The normalized spacial score (nSPS) is 19.7. The minimum Gasteiger partial charge on any atom is -0.460 e. The Morgan fingerprint density at radius 3 is 2.51 bits per heavy atom. The van der Waals surface area contributed by atoms with Gasteiger partial charge in [0.2, 0.25) is 5.91 Å². The number of aliphatic imine (C=N–C) groups is 1. The lowest BCUT2D eigenvalue weighted by atomic mass is 10.1. The van der Waals surface area contributed by atoms with Crippen molar-refractivity contribution >= 4 is 29.0 Å². The fourth-order valence-electron chi connectivity index (χ4n) is 5.28. The first-order chi connectivity index (χ1) is 17.2. The van der Waals surface area contributed by atoms with Crippen molar-refractivity contribution < 1.29 is 9.53 Å². The zero-order valence-electron chi connectivity index (χ0n) is 20.8. The molecule has 1 saturated heterocycles. The standard InChI is InChI=1S/C28H37N5O2/c1-31-15-17-32(18-16-31)20-27(34)29-23-13-14-26-22(19-23)21-35-28(30-26)33(25-11-7-4-8-12-25)24-9-5-2-3-6-10-24/h4,7-8,11-14,19,24H,2-3,5-6,9-10,15-18,20-21H2,1H3,(H,29,34). The number of hydrogen-bond acceptors (Lipinski definition) is 6. The number of amides is 1. The van der Waals surface area contributed by atoms with Crippen LogP contribution in [-0.4, -0.2) is 67.5 Å². The summed E-state index contributed by atoms with van der Waals surface area (Å²) in [7, 11) is 2.12. The molecule has 1 amide bonds. The van der Waals surface area contributed by atoms with Gasteiger partial charge in [-0.2, -0.15) is 4.99 Å². The number of amidine groups is 1. The van der Waals surface area contributed by atoms with E-state index in [1.165, 1.54) is 25.7 Å². The van der Waals surface area contributed by atoms with E-state index in [9.17, 15) is 4.79 Å². The van der Waals surface area contributed by atoms with Crippen molar-refractivity contribution in [2.24, 2.45) is 4.99 Å². The number of likely N-dealkylation sites (N-methyl/N-ethyl adjacent to an activating group) is 1. The van der Waals surface area contributed by atoms with Crippen LogP contribution in [0, 0.1) is 0 Å². The molecule has 186 valence electrons. The first-order valence-corrected chi connectivity index (χ1v) is 13.1. The van der Waals surface area contributed by atoms with Crippen molar-refractivity contribution in [3.63, 3.8) is 0 Å². The van der Waals surface area contributed by atoms with Crippen LogP contribution in [-0.2, 0) is 16.1 Å². The van der Waals surface area contributed by atoms with E-state index in [0.717, 1.165) is 61.6 Å². The number of anilines is 2. The number of rotatable bonds is 5. The number of carbonyl (C=O) groups excluding carboxylic acids is 1. The van der Waals surface area contributed by atoms with Crippen LogP contribution in [0.3, 0.4) is 0 Å². The third kappa shape index (κ3) is 6.03. The molecule has 2 heterocycles. The van der Waals surface area contributed by atoms with Gasteiger partial charge in [0.15, 0.2) is 0 Å². The minimum atomic E-state index is 0.0269. The first kappa shape index (κ1) is 23.8. The number of hydrogen-bond donors (Lipinski definition) is 1. The number of carbonyl (C=O) groups is 1. The second-order valence-electron chi connectivity index (χ2n) is 10.0. The predicted molar refractivity (Wildman–Crippen MR) is 141 cm³/mol. The fourth-order valence-corrected chi connectivity index (χ4v) is 5.28.